The molecule has 0 spiro atoms. The van der Waals surface area contributed by atoms with E-state index in [1.807, 2.05) is 0 Å². The monoisotopic (exact) mass is 251 g/mol. The fraction of sp³-hybridized carbons (Fsp3) is 0.300. The van der Waals surface area contributed by atoms with E-state index < -0.39 is 11.7 Å². The average molecular weight is 252 g/mol. The molecule has 1 aromatic rings. The van der Waals surface area contributed by atoms with E-state index in [1.54, 1.807) is 0 Å². The van der Waals surface area contributed by atoms with Gasteiger partial charge in [0.05, 0.1) is 11.3 Å². The fourth-order valence-electron chi connectivity index (χ4n) is 1.25. The minimum atomic E-state index is -4.44. The van der Waals surface area contributed by atoms with Crippen LogP contribution in [0.15, 0.2) is 23.4 Å². The number of oxime groups is 1. The van der Waals surface area contributed by atoms with Crippen LogP contribution in [0.1, 0.15) is 18.1 Å². The zero-order chi connectivity index (χ0) is 12.3. The van der Waals surface area contributed by atoms with E-state index in [9.17, 15) is 13.2 Å². The van der Waals surface area contributed by atoms with Crippen LogP contribution in [0.4, 0.5) is 13.2 Å². The van der Waals surface area contributed by atoms with Gasteiger partial charge in [-0.15, -0.1) is 0 Å². The van der Waals surface area contributed by atoms with Crippen molar-refractivity contribution in [3.8, 4) is 0 Å². The van der Waals surface area contributed by atoms with Crippen LogP contribution in [0.25, 0.3) is 0 Å². The fourth-order valence-corrected chi connectivity index (χ4v) is 1.42. The molecule has 88 valence electrons. The third-order valence-corrected chi connectivity index (χ3v) is 2.14. The lowest BCUT2D eigenvalue weighted by atomic mass is 10.0. The van der Waals surface area contributed by atoms with E-state index in [2.05, 4.69) is 9.99 Å². The number of nitrogens with zero attached hydrogens (tertiary/aromatic N) is 1. The minimum absolute atomic E-state index is 0.0816. The molecule has 0 aliphatic carbocycles. The van der Waals surface area contributed by atoms with E-state index in [0.29, 0.717) is 0 Å². The average Bonchev–Trinajstić information content (AvgIpc) is 2.16. The Balaban J connectivity index is 3.35. The summed E-state index contributed by atoms with van der Waals surface area (Å²) in [5, 5.41) is 3.68. The third kappa shape index (κ3) is 2.88. The van der Waals surface area contributed by atoms with Gasteiger partial charge >= 0.3 is 6.18 Å². The molecule has 16 heavy (non-hydrogen) atoms. The van der Waals surface area contributed by atoms with Crippen molar-refractivity contribution in [1.82, 2.24) is 0 Å². The molecule has 0 saturated carbocycles. The Morgan fingerprint density at radius 2 is 2.00 bits per heavy atom. The normalized spacial score (nSPS) is 12.8. The molecule has 0 radical (unpaired) electrons. The lowest BCUT2D eigenvalue weighted by molar-refractivity contribution is -0.137. The molecule has 0 unspecified atom stereocenters. The Labute approximate surface area is 95.7 Å². The molecular weight excluding hydrogens is 243 g/mol. The van der Waals surface area contributed by atoms with Crippen molar-refractivity contribution in [3.05, 3.63) is 34.3 Å². The highest BCUT2D eigenvalue weighted by Gasteiger charge is 2.34. The van der Waals surface area contributed by atoms with Crippen LogP contribution in [0, 0.1) is 0 Å². The molecule has 0 fully saturated rings. The van der Waals surface area contributed by atoms with E-state index >= 15 is 0 Å². The van der Waals surface area contributed by atoms with E-state index in [1.165, 1.54) is 26.2 Å². The van der Waals surface area contributed by atoms with Gasteiger partial charge in [-0.05, 0) is 25.1 Å². The summed E-state index contributed by atoms with van der Waals surface area (Å²) in [5.41, 5.74) is -0.741. The van der Waals surface area contributed by atoms with Crippen LogP contribution in [0.3, 0.4) is 0 Å². The molecule has 0 N–H and O–H groups in total. The second kappa shape index (κ2) is 4.74. The number of alkyl halides is 3. The van der Waals surface area contributed by atoms with Crippen LogP contribution in [0.2, 0.25) is 5.02 Å². The maximum atomic E-state index is 12.6. The summed E-state index contributed by atoms with van der Waals surface area (Å²) in [6, 6.07) is 3.32. The van der Waals surface area contributed by atoms with Crippen molar-refractivity contribution < 1.29 is 18.0 Å². The lowest BCUT2D eigenvalue weighted by Crippen LogP contribution is -2.12. The molecule has 1 rings (SSSR count). The van der Waals surface area contributed by atoms with Crippen LogP contribution in [-0.4, -0.2) is 12.8 Å². The molecule has 0 amide bonds. The molecule has 0 aromatic heterocycles. The number of hydrogen-bond acceptors (Lipinski definition) is 2. The van der Waals surface area contributed by atoms with Crippen molar-refractivity contribution in [3.63, 3.8) is 0 Å². The largest absolute Gasteiger partial charge is 0.417 e. The molecule has 0 atom stereocenters. The quantitative estimate of drug-likeness (QED) is 0.580. The van der Waals surface area contributed by atoms with Crippen molar-refractivity contribution >= 4 is 17.3 Å². The van der Waals surface area contributed by atoms with Gasteiger partial charge in [-0.1, -0.05) is 16.8 Å². The summed E-state index contributed by atoms with van der Waals surface area (Å²) in [7, 11) is 1.27. The van der Waals surface area contributed by atoms with Gasteiger partial charge in [0.25, 0.3) is 0 Å². The Kier molecular flexibility index (Phi) is 3.80. The summed E-state index contributed by atoms with van der Waals surface area (Å²) in [5.74, 6) is 0. The van der Waals surface area contributed by atoms with Gasteiger partial charge < -0.3 is 4.84 Å². The van der Waals surface area contributed by atoms with Gasteiger partial charge in [-0.2, -0.15) is 13.2 Å². The molecular formula is C10H9ClF3NO. The Morgan fingerprint density at radius 1 is 1.38 bits per heavy atom. The summed E-state index contributed by atoms with van der Waals surface area (Å²) in [6.07, 6.45) is -4.44. The first kappa shape index (κ1) is 12.8. The summed E-state index contributed by atoms with van der Waals surface area (Å²) < 4.78 is 37.9. The molecule has 0 bridgehead atoms. The molecule has 2 nitrogen and oxygen atoms in total. The van der Waals surface area contributed by atoms with E-state index in [4.69, 9.17) is 11.6 Å². The molecule has 0 aliphatic heterocycles. The number of rotatable bonds is 2. The Morgan fingerprint density at radius 3 is 2.50 bits per heavy atom. The maximum Gasteiger partial charge on any atom is 0.417 e. The second-order valence-electron chi connectivity index (χ2n) is 3.05. The van der Waals surface area contributed by atoms with Gasteiger partial charge in [0.2, 0.25) is 0 Å². The topological polar surface area (TPSA) is 21.6 Å². The zero-order valence-electron chi connectivity index (χ0n) is 8.60. The predicted molar refractivity (Wildman–Crippen MR) is 55.7 cm³/mol. The highest BCUT2D eigenvalue weighted by molar-refractivity contribution is 6.31. The van der Waals surface area contributed by atoms with Crippen LogP contribution in [-0.2, 0) is 11.0 Å². The first-order chi connectivity index (χ1) is 7.36. The number of hydrogen-bond donors (Lipinski definition) is 0. The van der Waals surface area contributed by atoms with Crippen molar-refractivity contribution in [2.45, 2.75) is 13.1 Å². The Hall–Kier alpha value is -1.23. The van der Waals surface area contributed by atoms with Crippen molar-refractivity contribution in [2.24, 2.45) is 5.16 Å². The zero-order valence-corrected chi connectivity index (χ0v) is 9.36. The molecule has 1 aromatic carbocycles. The molecule has 6 heteroatoms. The lowest BCUT2D eigenvalue weighted by Gasteiger charge is -2.12. The minimum Gasteiger partial charge on any atom is -0.399 e. The Bertz CT molecular complexity index is 415. The van der Waals surface area contributed by atoms with Gasteiger partial charge in [0.15, 0.2) is 0 Å². The van der Waals surface area contributed by atoms with Gasteiger partial charge in [0.1, 0.15) is 7.11 Å². The highest BCUT2D eigenvalue weighted by Crippen LogP contribution is 2.33. The van der Waals surface area contributed by atoms with Crippen LogP contribution < -0.4 is 0 Å². The second-order valence-corrected chi connectivity index (χ2v) is 3.48. The summed E-state index contributed by atoms with van der Waals surface area (Å²) in [6.45, 7) is 1.42. The van der Waals surface area contributed by atoms with Crippen molar-refractivity contribution in [2.75, 3.05) is 7.11 Å². The van der Waals surface area contributed by atoms with E-state index in [-0.39, 0.29) is 16.3 Å². The third-order valence-electron chi connectivity index (χ3n) is 1.91. The smallest absolute Gasteiger partial charge is 0.399 e. The first-order valence-corrected chi connectivity index (χ1v) is 4.69. The highest BCUT2D eigenvalue weighted by atomic mass is 35.5. The summed E-state index contributed by atoms with van der Waals surface area (Å²) >= 11 is 5.65. The van der Waals surface area contributed by atoms with E-state index in [0.717, 1.165) is 6.07 Å². The molecule has 0 aliphatic rings. The maximum absolute atomic E-state index is 12.6. The SMILES string of the molecule is CON=C(C)c1cc(Cl)ccc1C(F)(F)F. The van der Waals surface area contributed by atoms with Crippen molar-refractivity contribution in [1.29, 1.82) is 0 Å². The number of halogens is 4. The molecule has 0 heterocycles. The predicted octanol–water partition coefficient (Wildman–Crippen LogP) is 3.73. The van der Waals surface area contributed by atoms with Gasteiger partial charge in [-0.25, -0.2) is 0 Å². The first-order valence-electron chi connectivity index (χ1n) is 4.31. The number of benzene rings is 1. The van der Waals surface area contributed by atoms with Gasteiger partial charge in [0, 0.05) is 10.6 Å². The summed E-state index contributed by atoms with van der Waals surface area (Å²) in [4.78, 5) is 4.44. The van der Waals surface area contributed by atoms with Crippen LogP contribution in [0.5, 0.6) is 0 Å². The standard InChI is InChI=1S/C10H9ClF3NO/c1-6(15-16-2)8-5-7(11)3-4-9(8)10(12,13)14/h3-5H,1-2H3. The molecule has 0 saturated heterocycles. The van der Waals surface area contributed by atoms with Gasteiger partial charge in [-0.3, -0.25) is 0 Å². The van der Waals surface area contributed by atoms with Crippen LogP contribution >= 0.6 is 11.6 Å².